The molecule has 0 atom stereocenters. The summed E-state index contributed by atoms with van der Waals surface area (Å²) in [5.74, 6) is 5.96. The van der Waals surface area contributed by atoms with E-state index in [1.54, 1.807) is 0 Å². The first-order valence-corrected chi connectivity index (χ1v) is 7.22. The number of nitrogens with two attached hydrogens (primary N) is 1. The summed E-state index contributed by atoms with van der Waals surface area (Å²) in [6.45, 7) is 8.11. The van der Waals surface area contributed by atoms with E-state index in [-0.39, 0.29) is 5.91 Å². The van der Waals surface area contributed by atoms with Gasteiger partial charge < -0.3 is 10.6 Å². The molecule has 0 heterocycles. The lowest BCUT2D eigenvalue weighted by Gasteiger charge is -2.21. The van der Waals surface area contributed by atoms with Crippen LogP contribution in [0.4, 0.5) is 0 Å². The van der Waals surface area contributed by atoms with Crippen LogP contribution in [0.1, 0.15) is 48.2 Å². The Kier molecular flexibility index (Phi) is 6.83. The van der Waals surface area contributed by atoms with E-state index in [4.69, 9.17) is 5.73 Å². The first kappa shape index (κ1) is 16.3. The van der Waals surface area contributed by atoms with E-state index >= 15 is 0 Å². The first-order valence-electron chi connectivity index (χ1n) is 7.22. The van der Waals surface area contributed by atoms with Gasteiger partial charge in [0, 0.05) is 24.2 Å². The van der Waals surface area contributed by atoms with E-state index in [1.165, 1.54) is 0 Å². The molecule has 0 aliphatic carbocycles. The minimum absolute atomic E-state index is 0.107. The Labute approximate surface area is 122 Å². The fourth-order valence-electron chi connectivity index (χ4n) is 2.12. The van der Waals surface area contributed by atoms with Crippen LogP contribution in [0.25, 0.3) is 0 Å². The summed E-state index contributed by atoms with van der Waals surface area (Å²) < 4.78 is 0. The number of benzene rings is 1. The molecule has 0 aromatic heterocycles. The standard InChI is InChI=1S/C17H24N2O/c1-4-11-19(12-5-2)17(20)16-9-8-15(7-6-10-18)14(3)13-16/h8-9,13H,4-5,10-12,18H2,1-3H3. The minimum atomic E-state index is 0.107. The van der Waals surface area contributed by atoms with E-state index in [1.807, 2.05) is 30.0 Å². The van der Waals surface area contributed by atoms with Crippen molar-refractivity contribution in [3.8, 4) is 11.8 Å². The number of hydrogen-bond acceptors (Lipinski definition) is 2. The second-order valence-electron chi connectivity index (χ2n) is 4.83. The van der Waals surface area contributed by atoms with Crippen molar-refractivity contribution < 1.29 is 4.79 Å². The Morgan fingerprint density at radius 1 is 1.25 bits per heavy atom. The Morgan fingerprint density at radius 3 is 2.40 bits per heavy atom. The van der Waals surface area contributed by atoms with Crippen molar-refractivity contribution in [2.24, 2.45) is 5.73 Å². The van der Waals surface area contributed by atoms with Crippen molar-refractivity contribution >= 4 is 5.91 Å². The summed E-state index contributed by atoms with van der Waals surface area (Å²) >= 11 is 0. The molecule has 3 nitrogen and oxygen atoms in total. The Bertz CT molecular complexity index is 505. The van der Waals surface area contributed by atoms with Crippen molar-refractivity contribution in [3.05, 3.63) is 34.9 Å². The summed E-state index contributed by atoms with van der Waals surface area (Å²) in [6.07, 6.45) is 1.95. The maximum Gasteiger partial charge on any atom is 0.253 e. The summed E-state index contributed by atoms with van der Waals surface area (Å²) in [5.41, 5.74) is 8.07. The van der Waals surface area contributed by atoms with Crippen molar-refractivity contribution in [2.45, 2.75) is 33.6 Å². The van der Waals surface area contributed by atoms with Crippen LogP contribution in [-0.4, -0.2) is 30.4 Å². The maximum absolute atomic E-state index is 12.5. The SMILES string of the molecule is CCCN(CCC)C(=O)c1ccc(C#CCN)c(C)c1. The average Bonchev–Trinajstić information content (AvgIpc) is 2.45. The number of nitrogens with zero attached hydrogens (tertiary/aromatic N) is 1. The normalized spacial score (nSPS) is 9.80. The molecule has 1 amide bonds. The quantitative estimate of drug-likeness (QED) is 0.837. The lowest BCUT2D eigenvalue weighted by atomic mass is 10.0. The highest BCUT2D eigenvalue weighted by Crippen LogP contribution is 2.13. The highest BCUT2D eigenvalue weighted by atomic mass is 16.2. The number of amides is 1. The third-order valence-corrected chi connectivity index (χ3v) is 3.07. The van der Waals surface area contributed by atoms with Gasteiger partial charge in [0.05, 0.1) is 6.54 Å². The topological polar surface area (TPSA) is 46.3 Å². The first-order chi connectivity index (χ1) is 9.63. The van der Waals surface area contributed by atoms with Crippen molar-refractivity contribution in [1.82, 2.24) is 4.90 Å². The molecular formula is C17H24N2O. The van der Waals surface area contributed by atoms with Gasteiger partial charge in [-0.1, -0.05) is 25.7 Å². The molecule has 0 radical (unpaired) electrons. The van der Waals surface area contributed by atoms with Crippen molar-refractivity contribution in [3.63, 3.8) is 0 Å². The van der Waals surface area contributed by atoms with Gasteiger partial charge in [-0.05, 0) is 43.5 Å². The van der Waals surface area contributed by atoms with Gasteiger partial charge in [0.2, 0.25) is 0 Å². The lowest BCUT2D eigenvalue weighted by Crippen LogP contribution is -2.32. The molecule has 0 aliphatic heterocycles. The van der Waals surface area contributed by atoms with E-state index in [0.717, 1.165) is 42.6 Å². The van der Waals surface area contributed by atoms with Gasteiger partial charge in [0.25, 0.3) is 5.91 Å². The van der Waals surface area contributed by atoms with Crippen LogP contribution >= 0.6 is 0 Å². The molecule has 1 rings (SSSR count). The fourth-order valence-corrected chi connectivity index (χ4v) is 2.12. The van der Waals surface area contributed by atoms with Crippen LogP contribution in [0, 0.1) is 18.8 Å². The summed E-state index contributed by atoms with van der Waals surface area (Å²) in [5, 5.41) is 0. The van der Waals surface area contributed by atoms with Crippen LogP contribution in [-0.2, 0) is 0 Å². The molecule has 0 bridgehead atoms. The second kappa shape index (κ2) is 8.39. The van der Waals surface area contributed by atoms with E-state index in [9.17, 15) is 4.79 Å². The lowest BCUT2D eigenvalue weighted by molar-refractivity contribution is 0.0755. The Morgan fingerprint density at radius 2 is 1.90 bits per heavy atom. The zero-order valence-electron chi connectivity index (χ0n) is 12.7. The zero-order valence-corrected chi connectivity index (χ0v) is 12.7. The predicted molar refractivity (Wildman–Crippen MR) is 83.6 cm³/mol. The summed E-state index contributed by atoms with van der Waals surface area (Å²) in [4.78, 5) is 14.4. The van der Waals surface area contributed by atoms with Gasteiger partial charge in [0.15, 0.2) is 0 Å². The monoisotopic (exact) mass is 272 g/mol. The largest absolute Gasteiger partial charge is 0.339 e. The van der Waals surface area contributed by atoms with Gasteiger partial charge in [-0.2, -0.15) is 0 Å². The third-order valence-electron chi connectivity index (χ3n) is 3.07. The molecule has 0 spiro atoms. The van der Waals surface area contributed by atoms with Gasteiger partial charge >= 0.3 is 0 Å². The number of aryl methyl sites for hydroxylation is 1. The molecular weight excluding hydrogens is 248 g/mol. The smallest absolute Gasteiger partial charge is 0.253 e. The van der Waals surface area contributed by atoms with Crippen LogP contribution in [0.15, 0.2) is 18.2 Å². The number of carbonyl (C=O) groups is 1. The van der Waals surface area contributed by atoms with Gasteiger partial charge in [-0.3, -0.25) is 4.79 Å². The predicted octanol–water partition coefficient (Wildman–Crippen LogP) is 2.57. The molecule has 2 N–H and O–H groups in total. The Balaban J connectivity index is 2.95. The fraction of sp³-hybridized carbons (Fsp3) is 0.471. The molecule has 1 aromatic rings. The highest BCUT2D eigenvalue weighted by Gasteiger charge is 2.14. The molecule has 0 unspecified atom stereocenters. The van der Waals surface area contributed by atoms with Crippen LogP contribution in [0.3, 0.4) is 0 Å². The molecule has 1 aromatic carbocycles. The highest BCUT2D eigenvalue weighted by molar-refractivity contribution is 5.94. The zero-order chi connectivity index (χ0) is 15.0. The second-order valence-corrected chi connectivity index (χ2v) is 4.83. The summed E-state index contributed by atoms with van der Waals surface area (Å²) in [6, 6.07) is 5.68. The van der Waals surface area contributed by atoms with Crippen molar-refractivity contribution in [2.75, 3.05) is 19.6 Å². The van der Waals surface area contributed by atoms with Gasteiger partial charge in [0.1, 0.15) is 0 Å². The average molecular weight is 272 g/mol. The van der Waals surface area contributed by atoms with E-state index in [2.05, 4.69) is 25.7 Å². The molecule has 0 saturated carbocycles. The molecule has 3 heteroatoms. The third kappa shape index (κ3) is 4.40. The van der Waals surface area contributed by atoms with Crippen molar-refractivity contribution in [1.29, 1.82) is 0 Å². The van der Waals surface area contributed by atoms with E-state index < -0.39 is 0 Å². The van der Waals surface area contributed by atoms with Crippen LogP contribution in [0.5, 0.6) is 0 Å². The van der Waals surface area contributed by atoms with Crippen LogP contribution in [0.2, 0.25) is 0 Å². The molecule has 108 valence electrons. The molecule has 0 fully saturated rings. The minimum Gasteiger partial charge on any atom is -0.339 e. The van der Waals surface area contributed by atoms with Gasteiger partial charge in [-0.15, -0.1) is 0 Å². The number of carbonyl (C=O) groups excluding carboxylic acids is 1. The summed E-state index contributed by atoms with van der Waals surface area (Å²) in [7, 11) is 0. The number of rotatable bonds is 5. The molecule has 0 aliphatic rings. The van der Waals surface area contributed by atoms with Crippen LogP contribution < -0.4 is 5.73 Å². The Hall–Kier alpha value is -1.79. The maximum atomic E-state index is 12.5. The molecule has 20 heavy (non-hydrogen) atoms. The number of hydrogen-bond donors (Lipinski definition) is 1. The molecule has 0 saturated heterocycles. The van der Waals surface area contributed by atoms with Gasteiger partial charge in [-0.25, -0.2) is 0 Å². The van der Waals surface area contributed by atoms with E-state index in [0.29, 0.717) is 6.54 Å².